The van der Waals surface area contributed by atoms with Crippen molar-refractivity contribution in [1.82, 2.24) is 0 Å². The van der Waals surface area contributed by atoms with Gasteiger partial charge in [0.05, 0.1) is 12.0 Å². The normalized spacial score (nSPS) is 15.6. The predicted octanol–water partition coefficient (Wildman–Crippen LogP) is 1.63. The van der Waals surface area contributed by atoms with Gasteiger partial charge < -0.3 is 10.2 Å². The highest BCUT2D eigenvalue weighted by molar-refractivity contribution is 9.09. The van der Waals surface area contributed by atoms with Gasteiger partial charge in [-0.05, 0) is 6.42 Å². The first kappa shape index (κ1) is 11.9. The molecule has 0 saturated heterocycles. The molecule has 4 heteroatoms. The van der Waals surface area contributed by atoms with Gasteiger partial charge in [-0.3, -0.25) is 4.79 Å². The van der Waals surface area contributed by atoms with E-state index in [1.165, 1.54) is 0 Å². The summed E-state index contributed by atoms with van der Waals surface area (Å²) in [5.41, 5.74) is 0. The number of rotatable bonds is 6. The number of unbranched alkanes of at least 4 members (excludes halogenated alkanes) is 1. The highest BCUT2D eigenvalue weighted by atomic mass is 79.9. The van der Waals surface area contributed by atoms with Crippen LogP contribution in [0.1, 0.15) is 26.2 Å². The number of carboxylic acid groups (broad SMARTS) is 1. The van der Waals surface area contributed by atoms with E-state index >= 15 is 0 Å². The minimum Gasteiger partial charge on any atom is -0.481 e. The maximum absolute atomic E-state index is 10.6. The molecule has 2 atom stereocenters. The number of hydrogen-bond donors (Lipinski definition) is 2. The molecule has 12 heavy (non-hydrogen) atoms. The summed E-state index contributed by atoms with van der Waals surface area (Å²) in [6.07, 6.45) is 1.59. The van der Waals surface area contributed by atoms with Crippen LogP contribution in [0.15, 0.2) is 0 Å². The Morgan fingerprint density at radius 2 is 2.17 bits per heavy atom. The molecule has 0 rings (SSSR count). The van der Waals surface area contributed by atoms with Crippen molar-refractivity contribution in [2.24, 2.45) is 5.92 Å². The summed E-state index contributed by atoms with van der Waals surface area (Å²) in [6.45, 7) is 2.00. The number of alkyl halides is 1. The van der Waals surface area contributed by atoms with Crippen molar-refractivity contribution in [1.29, 1.82) is 0 Å². The molecule has 0 aliphatic rings. The first-order chi connectivity index (χ1) is 5.63. The lowest BCUT2D eigenvalue weighted by Gasteiger charge is -2.16. The fourth-order valence-electron chi connectivity index (χ4n) is 1.01. The number of hydrogen-bond acceptors (Lipinski definition) is 2. The van der Waals surface area contributed by atoms with E-state index in [0.717, 1.165) is 12.8 Å². The fourth-order valence-corrected chi connectivity index (χ4v) is 1.46. The maximum Gasteiger partial charge on any atom is 0.309 e. The fraction of sp³-hybridized carbons (Fsp3) is 0.875. The summed E-state index contributed by atoms with van der Waals surface area (Å²) in [5, 5.41) is 18.3. The van der Waals surface area contributed by atoms with Crippen molar-refractivity contribution in [2.45, 2.75) is 32.3 Å². The molecular weight excluding hydrogens is 224 g/mol. The smallest absolute Gasteiger partial charge is 0.309 e. The SMILES string of the molecule is CCCCC(C(=O)O)C(O)CBr. The molecular formula is C8H15BrO3. The Balaban J connectivity index is 3.94. The van der Waals surface area contributed by atoms with E-state index in [9.17, 15) is 9.90 Å². The molecule has 0 aromatic heterocycles. The van der Waals surface area contributed by atoms with Gasteiger partial charge in [-0.25, -0.2) is 0 Å². The molecule has 0 aromatic carbocycles. The molecule has 0 saturated carbocycles. The molecule has 0 aliphatic carbocycles. The van der Waals surface area contributed by atoms with Crippen LogP contribution in [0.25, 0.3) is 0 Å². The number of carbonyl (C=O) groups is 1. The van der Waals surface area contributed by atoms with Gasteiger partial charge >= 0.3 is 5.97 Å². The van der Waals surface area contributed by atoms with E-state index < -0.39 is 18.0 Å². The maximum atomic E-state index is 10.6. The summed E-state index contributed by atoms with van der Waals surface area (Å²) >= 11 is 3.06. The van der Waals surface area contributed by atoms with E-state index in [1.807, 2.05) is 6.92 Å². The summed E-state index contributed by atoms with van der Waals surface area (Å²) in [5.74, 6) is -1.53. The van der Waals surface area contributed by atoms with E-state index in [2.05, 4.69) is 15.9 Å². The Morgan fingerprint density at radius 1 is 1.58 bits per heavy atom. The second-order valence-electron chi connectivity index (χ2n) is 2.81. The van der Waals surface area contributed by atoms with Gasteiger partial charge in [0.1, 0.15) is 0 Å². The van der Waals surface area contributed by atoms with Crippen LogP contribution in [-0.2, 0) is 4.79 Å². The summed E-state index contributed by atoms with van der Waals surface area (Å²) < 4.78 is 0. The average molecular weight is 239 g/mol. The molecule has 0 bridgehead atoms. The van der Waals surface area contributed by atoms with Gasteiger partial charge in [-0.2, -0.15) is 0 Å². The van der Waals surface area contributed by atoms with Crippen LogP contribution in [0.4, 0.5) is 0 Å². The Kier molecular flexibility index (Phi) is 6.38. The Bertz CT molecular complexity index is 138. The van der Waals surface area contributed by atoms with Gasteiger partial charge in [0.15, 0.2) is 0 Å². The monoisotopic (exact) mass is 238 g/mol. The second-order valence-corrected chi connectivity index (χ2v) is 3.46. The summed E-state index contributed by atoms with van der Waals surface area (Å²) in [7, 11) is 0. The number of carboxylic acids is 1. The second kappa shape index (κ2) is 6.43. The first-order valence-electron chi connectivity index (χ1n) is 4.10. The van der Waals surface area contributed by atoms with Gasteiger partial charge in [0, 0.05) is 5.33 Å². The number of aliphatic hydroxyl groups excluding tert-OH is 1. The molecule has 0 spiro atoms. The highest BCUT2D eigenvalue weighted by Crippen LogP contribution is 2.15. The number of aliphatic hydroxyl groups is 1. The molecule has 0 aromatic rings. The Labute approximate surface area is 80.9 Å². The molecule has 2 N–H and O–H groups in total. The van der Waals surface area contributed by atoms with Crippen LogP contribution in [0.3, 0.4) is 0 Å². The summed E-state index contributed by atoms with van der Waals surface area (Å²) in [4.78, 5) is 10.6. The van der Waals surface area contributed by atoms with Crippen molar-refractivity contribution in [2.75, 3.05) is 5.33 Å². The zero-order valence-corrected chi connectivity index (χ0v) is 8.75. The predicted molar refractivity (Wildman–Crippen MR) is 50.5 cm³/mol. The van der Waals surface area contributed by atoms with Crippen molar-refractivity contribution in [3.63, 3.8) is 0 Å². The van der Waals surface area contributed by atoms with Crippen LogP contribution in [0.2, 0.25) is 0 Å². The molecule has 3 nitrogen and oxygen atoms in total. The van der Waals surface area contributed by atoms with Crippen molar-refractivity contribution in [3.05, 3.63) is 0 Å². The molecule has 72 valence electrons. The molecule has 0 radical (unpaired) electrons. The quantitative estimate of drug-likeness (QED) is 0.692. The van der Waals surface area contributed by atoms with E-state index in [0.29, 0.717) is 11.8 Å². The standard InChI is InChI=1S/C8H15BrO3/c1-2-3-4-6(8(11)12)7(10)5-9/h6-7,10H,2-5H2,1H3,(H,11,12). The van der Waals surface area contributed by atoms with Crippen LogP contribution in [-0.4, -0.2) is 27.6 Å². The molecule has 0 amide bonds. The topological polar surface area (TPSA) is 57.5 Å². The van der Waals surface area contributed by atoms with Gasteiger partial charge in [-0.15, -0.1) is 0 Å². The van der Waals surface area contributed by atoms with Crippen LogP contribution >= 0.6 is 15.9 Å². The molecule has 2 unspecified atom stereocenters. The lowest BCUT2D eigenvalue weighted by molar-refractivity contribution is -0.145. The molecule has 0 heterocycles. The molecule has 0 fully saturated rings. The average Bonchev–Trinajstić information content (AvgIpc) is 2.04. The zero-order chi connectivity index (χ0) is 9.56. The third-order valence-corrected chi connectivity index (χ3v) is 2.47. The molecule has 0 aliphatic heterocycles. The van der Waals surface area contributed by atoms with Crippen LogP contribution in [0.5, 0.6) is 0 Å². The minimum atomic E-state index is -0.907. The Hall–Kier alpha value is -0.0900. The van der Waals surface area contributed by atoms with Crippen LogP contribution < -0.4 is 0 Å². The van der Waals surface area contributed by atoms with Gasteiger partial charge in [0.25, 0.3) is 0 Å². The first-order valence-corrected chi connectivity index (χ1v) is 5.22. The van der Waals surface area contributed by atoms with E-state index in [-0.39, 0.29) is 0 Å². The lowest BCUT2D eigenvalue weighted by atomic mass is 9.97. The number of aliphatic carboxylic acids is 1. The third-order valence-electron chi connectivity index (χ3n) is 1.81. The van der Waals surface area contributed by atoms with Gasteiger partial charge in [0.2, 0.25) is 0 Å². The van der Waals surface area contributed by atoms with E-state index in [4.69, 9.17) is 5.11 Å². The third kappa shape index (κ3) is 4.07. The lowest BCUT2D eigenvalue weighted by Crippen LogP contribution is -2.29. The Morgan fingerprint density at radius 3 is 2.50 bits per heavy atom. The number of halogens is 1. The van der Waals surface area contributed by atoms with Crippen molar-refractivity contribution in [3.8, 4) is 0 Å². The van der Waals surface area contributed by atoms with Crippen molar-refractivity contribution < 1.29 is 15.0 Å². The van der Waals surface area contributed by atoms with Crippen LogP contribution in [0, 0.1) is 5.92 Å². The highest BCUT2D eigenvalue weighted by Gasteiger charge is 2.24. The summed E-state index contributed by atoms with van der Waals surface area (Å²) in [6, 6.07) is 0. The largest absolute Gasteiger partial charge is 0.481 e. The minimum absolute atomic E-state index is 0.327. The zero-order valence-electron chi connectivity index (χ0n) is 7.16. The van der Waals surface area contributed by atoms with Gasteiger partial charge in [-0.1, -0.05) is 35.7 Å². The van der Waals surface area contributed by atoms with Crippen molar-refractivity contribution >= 4 is 21.9 Å². The van der Waals surface area contributed by atoms with E-state index in [1.54, 1.807) is 0 Å².